The van der Waals surface area contributed by atoms with Crippen molar-refractivity contribution in [1.29, 1.82) is 0 Å². The molecule has 7 heteroatoms. The number of halogens is 1. The Morgan fingerprint density at radius 3 is 2.78 bits per heavy atom. The maximum Gasteiger partial charge on any atom is 0.335 e. The predicted octanol–water partition coefficient (Wildman–Crippen LogP) is 3.92. The summed E-state index contributed by atoms with van der Waals surface area (Å²) in [5.41, 5.74) is 3.74. The number of fused-ring (bicyclic) bond motifs is 3. The Balaban J connectivity index is 2.06. The molecule has 1 amide bonds. The molecule has 0 spiro atoms. The number of benzene rings is 1. The molecule has 1 aliphatic heterocycles. The molecule has 3 heterocycles. The molecule has 2 aromatic heterocycles. The van der Waals surface area contributed by atoms with E-state index in [1.807, 2.05) is 6.07 Å². The summed E-state index contributed by atoms with van der Waals surface area (Å²) in [6.07, 6.45) is 3.20. The van der Waals surface area contributed by atoms with Gasteiger partial charge in [0.1, 0.15) is 0 Å². The summed E-state index contributed by atoms with van der Waals surface area (Å²) >= 11 is 6.15. The molecule has 27 heavy (non-hydrogen) atoms. The Kier molecular flexibility index (Phi) is 4.41. The number of nitrogens with one attached hydrogen (secondary N) is 2. The number of carbonyl (C=O) groups excluding carboxylic acids is 2. The normalized spacial score (nSPS) is 13.9. The number of carbonyl (C=O) groups is 2. The van der Waals surface area contributed by atoms with Gasteiger partial charge in [0, 0.05) is 33.9 Å². The van der Waals surface area contributed by atoms with E-state index in [1.54, 1.807) is 43.6 Å². The van der Waals surface area contributed by atoms with E-state index in [-0.39, 0.29) is 18.9 Å². The molecule has 3 aromatic rings. The number of pyridine rings is 1. The van der Waals surface area contributed by atoms with Gasteiger partial charge in [-0.05, 0) is 42.8 Å². The Morgan fingerprint density at radius 1 is 1.26 bits per heavy atom. The lowest BCUT2D eigenvalue weighted by Gasteiger charge is -2.12. The zero-order valence-electron chi connectivity index (χ0n) is 14.5. The summed E-state index contributed by atoms with van der Waals surface area (Å²) < 4.78 is 5.22. The smallest absolute Gasteiger partial charge is 0.335 e. The van der Waals surface area contributed by atoms with Crippen molar-refractivity contribution in [3.05, 3.63) is 64.6 Å². The summed E-state index contributed by atoms with van der Waals surface area (Å²) in [6.45, 7) is 1.96. The summed E-state index contributed by atoms with van der Waals surface area (Å²) in [4.78, 5) is 32.6. The molecule has 1 aromatic carbocycles. The number of aromatic amines is 1. The van der Waals surface area contributed by atoms with E-state index in [2.05, 4.69) is 15.3 Å². The van der Waals surface area contributed by atoms with E-state index in [0.29, 0.717) is 27.6 Å². The van der Waals surface area contributed by atoms with Gasteiger partial charge in [0.25, 0.3) is 0 Å². The minimum atomic E-state index is -0.510. The first-order valence-corrected chi connectivity index (χ1v) is 8.88. The second-order valence-electron chi connectivity index (χ2n) is 6.10. The summed E-state index contributed by atoms with van der Waals surface area (Å²) in [7, 11) is 0. The van der Waals surface area contributed by atoms with Crippen LogP contribution in [0.1, 0.15) is 24.6 Å². The van der Waals surface area contributed by atoms with Crippen LogP contribution in [0.15, 0.2) is 48.3 Å². The van der Waals surface area contributed by atoms with Gasteiger partial charge in [-0.1, -0.05) is 11.6 Å². The second kappa shape index (κ2) is 6.89. The standard InChI is InChI=1S/C20H16ClN3O3/c1-2-27-20(26)14-10-16(25)24-18-13-9-12(21)3-4-15(13)23-19(18)17(14)11-5-7-22-8-6-11/h3-9,23H,2,10H2,1H3,(H,24,25). The highest BCUT2D eigenvalue weighted by Crippen LogP contribution is 2.40. The van der Waals surface area contributed by atoms with Crippen LogP contribution in [-0.4, -0.2) is 28.5 Å². The number of H-pyrrole nitrogens is 1. The third kappa shape index (κ3) is 3.08. The summed E-state index contributed by atoms with van der Waals surface area (Å²) in [5.74, 6) is -0.798. The van der Waals surface area contributed by atoms with Crippen molar-refractivity contribution in [1.82, 2.24) is 9.97 Å². The van der Waals surface area contributed by atoms with E-state index in [1.165, 1.54) is 0 Å². The third-order valence-corrected chi connectivity index (χ3v) is 4.64. The van der Waals surface area contributed by atoms with Gasteiger partial charge in [-0.3, -0.25) is 9.78 Å². The number of nitrogens with zero attached hydrogens (tertiary/aromatic N) is 1. The number of amides is 1. The zero-order valence-corrected chi connectivity index (χ0v) is 15.3. The van der Waals surface area contributed by atoms with Crippen LogP contribution in [0.2, 0.25) is 5.02 Å². The van der Waals surface area contributed by atoms with Crippen molar-refractivity contribution in [2.75, 3.05) is 11.9 Å². The monoisotopic (exact) mass is 381 g/mol. The van der Waals surface area contributed by atoms with Crippen LogP contribution in [0.25, 0.3) is 16.5 Å². The molecule has 136 valence electrons. The number of ether oxygens (including phenoxy) is 1. The Bertz CT molecular complexity index is 1090. The second-order valence-corrected chi connectivity index (χ2v) is 6.54. The molecule has 0 aliphatic carbocycles. The van der Waals surface area contributed by atoms with Crippen molar-refractivity contribution < 1.29 is 14.3 Å². The van der Waals surface area contributed by atoms with Crippen LogP contribution in [0.5, 0.6) is 0 Å². The summed E-state index contributed by atoms with van der Waals surface area (Å²) in [6, 6.07) is 8.99. The fraction of sp³-hybridized carbons (Fsp3) is 0.150. The molecular weight excluding hydrogens is 366 g/mol. The largest absolute Gasteiger partial charge is 0.463 e. The van der Waals surface area contributed by atoms with Gasteiger partial charge in [-0.15, -0.1) is 0 Å². The van der Waals surface area contributed by atoms with Crippen LogP contribution >= 0.6 is 11.6 Å². The highest BCUT2D eigenvalue weighted by Gasteiger charge is 2.30. The maximum atomic E-state index is 12.6. The Morgan fingerprint density at radius 2 is 2.04 bits per heavy atom. The molecule has 0 saturated carbocycles. The number of rotatable bonds is 3. The van der Waals surface area contributed by atoms with Crippen molar-refractivity contribution in [3.63, 3.8) is 0 Å². The first-order valence-electron chi connectivity index (χ1n) is 8.50. The molecule has 0 saturated heterocycles. The molecule has 6 nitrogen and oxygen atoms in total. The average molecular weight is 382 g/mol. The van der Waals surface area contributed by atoms with Gasteiger partial charge in [-0.25, -0.2) is 4.79 Å². The molecular formula is C20H16ClN3O3. The first kappa shape index (κ1) is 17.3. The molecule has 2 N–H and O–H groups in total. The minimum absolute atomic E-state index is 0.0823. The van der Waals surface area contributed by atoms with Crippen LogP contribution in [0.3, 0.4) is 0 Å². The average Bonchev–Trinajstić information content (AvgIpc) is 2.91. The lowest BCUT2D eigenvalue weighted by Crippen LogP contribution is -2.16. The molecule has 0 bridgehead atoms. The highest BCUT2D eigenvalue weighted by molar-refractivity contribution is 6.31. The fourth-order valence-electron chi connectivity index (χ4n) is 3.29. The predicted molar refractivity (Wildman–Crippen MR) is 103 cm³/mol. The third-order valence-electron chi connectivity index (χ3n) is 4.40. The van der Waals surface area contributed by atoms with Gasteiger partial charge in [-0.2, -0.15) is 0 Å². The molecule has 0 radical (unpaired) electrons. The molecule has 4 rings (SSSR count). The van der Waals surface area contributed by atoms with Crippen molar-refractivity contribution >= 4 is 45.6 Å². The lowest BCUT2D eigenvalue weighted by molar-refractivity contribution is -0.139. The maximum absolute atomic E-state index is 12.6. The van der Waals surface area contributed by atoms with Crippen LogP contribution in [0.4, 0.5) is 5.69 Å². The number of hydrogen-bond donors (Lipinski definition) is 2. The van der Waals surface area contributed by atoms with E-state index >= 15 is 0 Å². The lowest BCUT2D eigenvalue weighted by atomic mass is 9.96. The van der Waals surface area contributed by atoms with Crippen LogP contribution in [0, 0.1) is 0 Å². The van der Waals surface area contributed by atoms with Gasteiger partial charge >= 0.3 is 5.97 Å². The van der Waals surface area contributed by atoms with Gasteiger partial charge in [0.2, 0.25) is 5.91 Å². The van der Waals surface area contributed by atoms with Gasteiger partial charge < -0.3 is 15.0 Å². The van der Waals surface area contributed by atoms with Gasteiger partial charge in [0.05, 0.1) is 30.0 Å². The number of aromatic nitrogens is 2. The number of anilines is 1. The Labute approximate surface area is 160 Å². The molecule has 0 fully saturated rings. The van der Waals surface area contributed by atoms with Gasteiger partial charge in [0.15, 0.2) is 0 Å². The highest BCUT2D eigenvalue weighted by atomic mass is 35.5. The molecule has 1 aliphatic rings. The SMILES string of the molecule is CCOC(=O)C1=C(c2ccncc2)c2[nH]c3ccc(Cl)cc3c2NC(=O)C1. The zero-order chi connectivity index (χ0) is 19.0. The first-order chi connectivity index (χ1) is 13.1. The molecule has 0 atom stereocenters. The van der Waals surface area contributed by atoms with Crippen LogP contribution in [-0.2, 0) is 14.3 Å². The van der Waals surface area contributed by atoms with E-state index in [9.17, 15) is 9.59 Å². The Hall–Kier alpha value is -3.12. The summed E-state index contributed by atoms with van der Waals surface area (Å²) in [5, 5.41) is 4.24. The van der Waals surface area contributed by atoms with Crippen molar-refractivity contribution in [3.8, 4) is 0 Å². The quantitative estimate of drug-likeness (QED) is 0.673. The van der Waals surface area contributed by atoms with E-state index in [4.69, 9.17) is 16.3 Å². The molecule has 0 unspecified atom stereocenters. The number of esters is 1. The topological polar surface area (TPSA) is 84.1 Å². The van der Waals surface area contributed by atoms with Crippen LogP contribution < -0.4 is 5.32 Å². The van der Waals surface area contributed by atoms with Crippen molar-refractivity contribution in [2.45, 2.75) is 13.3 Å². The minimum Gasteiger partial charge on any atom is -0.463 e. The van der Waals surface area contributed by atoms with Crippen molar-refractivity contribution in [2.24, 2.45) is 0 Å². The number of hydrogen-bond acceptors (Lipinski definition) is 4. The van der Waals surface area contributed by atoms with E-state index in [0.717, 1.165) is 16.5 Å². The fourth-order valence-corrected chi connectivity index (χ4v) is 3.47. The van der Waals surface area contributed by atoms with E-state index < -0.39 is 5.97 Å².